The number of aliphatic hydroxyl groups excluding tert-OH is 1. The third kappa shape index (κ3) is 3.05. The van der Waals surface area contributed by atoms with E-state index >= 15 is 0 Å². The minimum absolute atomic E-state index is 0.116. The van der Waals surface area contributed by atoms with E-state index in [0.717, 1.165) is 29.0 Å². The molecule has 2 unspecified atom stereocenters. The molecule has 2 aromatic rings. The number of carbonyl (C=O) groups excluding carboxylic acids is 1. The molecular formula is C17H20N2O2S. The molecule has 1 amide bonds. The molecule has 2 atom stereocenters. The van der Waals surface area contributed by atoms with Gasteiger partial charge in [0, 0.05) is 10.4 Å². The number of hydrogen-bond acceptors (Lipinski definition) is 4. The van der Waals surface area contributed by atoms with Crippen LogP contribution in [0.3, 0.4) is 0 Å². The maximum atomic E-state index is 12.2. The van der Waals surface area contributed by atoms with E-state index in [0.29, 0.717) is 11.6 Å². The molecule has 1 aromatic heterocycles. The zero-order chi connectivity index (χ0) is 15.7. The average molecular weight is 316 g/mol. The Labute approximate surface area is 134 Å². The molecule has 0 aliphatic heterocycles. The summed E-state index contributed by atoms with van der Waals surface area (Å²) in [4.78, 5) is 17.8. The summed E-state index contributed by atoms with van der Waals surface area (Å²) in [6, 6.07) is 8.20. The van der Waals surface area contributed by atoms with Crippen LogP contribution in [0.2, 0.25) is 0 Å². The molecule has 1 aliphatic rings. The van der Waals surface area contributed by atoms with Crippen LogP contribution in [0.25, 0.3) is 11.3 Å². The van der Waals surface area contributed by atoms with E-state index < -0.39 is 6.10 Å². The number of aliphatic hydroxyl groups is 1. The molecule has 116 valence electrons. The first kappa shape index (κ1) is 15.2. The molecule has 1 aromatic carbocycles. The van der Waals surface area contributed by atoms with Crippen LogP contribution in [0.1, 0.15) is 29.7 Å². The Hall–Kier alpha value is -1.72. The van der Waals surface area contributed by atoms with E-state index in [1.807, 2.05) is 19.1 Å². The zero-order valence-corrected chi connectivity index (χ0v) is 13.6. The number of hydrogen-bond donors (Lipinski definition) is 2. The summed E-state index contributed by atoms with van der Waals surface area (Å²) in [5.74, 6) is -0.416. The van der Waals surface area contributed by atoms with E-state index in [1.54, 1.807) is 0 Å². The van der Waals surface area contributed by atoms with Crippen molar-refractivity contribution in [3.8, 4) is 11.3 Å². The van der Waals surface area contributed by atoms with Crippen molar-refractivity contribution in [2.75, 3.05) is 5.32 Å². The molecule has 2 N–H and O–H groups in total. The van der Waals surface area contributed by atoms with Gasteiger partial charge in [-0.2, -0.15) is 0 Å². The summed E-state index contributed by atoms with van der Waals surface area (Å²) in [6.07, 6.45) is 1.86. The topological polar surface area (TPSA) is 62.2 Å². The molecule has 3 rings (SSSR count). The number of benzene rings is 1. The molecule has 5 heteroatoms. The van der Waals surface area contributed by atoms with E-state index in [2.05, 4.69) is 29.4 Å². The number of aromatic nitrogens is 1. The Kier molecular flexibility index (Phi) is 4.27. The van der Waals surface area contributed by atoms with Gasteiger partial charge in [0.1, 0.15) is 0 Å². The van der Waals surface area contributed by atoms with Gasteiger partial charge in [0.25, 0.3) is 0 Å². The maximum Gasteiger partial charge on any atom is 0.231 e. The zero-order valence-electron chi connectivity index (χ0n) is 12.8. The van der Waals surface area contributed by atoms with Crippen molar-refractivity contribution in [3.05, 3.63) is 34.7 Å². The Morgan fingerprint density at radius 3 is 2.64 bits per heavy atom. The Morgan fingerprint density at radius 2 is 2.00 bits per heavy atom. The smallest absolute Gasteiger partial charge is 0.231 e. The molecule has 0 spiro atoms. The highest BCUT2D eigenvalue weighted by molar-refractivity contribution is 7.16. The molecule has 0 radical (unpaired) electrons. The van der Waals surface area contributed by atoms with Crippen LogP contribution >= 0.6 is 11.3 Å². The Bertz CT molecular complexity index is 678. The number of rotatable bonds is 3. The molecule has 1 aliphatic carbocycles. The van der Waals surface area contributed by atoms with Crippen molar-refractivity contribution in [1.29, 1.82) is 0 Å². The molecule has 1 fully saturated rings. The van der Waals surface area contributed by atoms with Crippen LogP contribution in [0.5, 0.6) is 0 Å². The van der Waals surface area contributed by atoms with Crippen LogP contribution in [0, 0.1) is 19.8 Å². The summed E-state index contributed by atoms with van der Waals surface area (Å²) < 4.78 is 0. The van der Waals surface area contributed by atoms with Crippen molar-refractivity contribution in [2.24, 2.45) is 5.92 Å². The predicted molar refractivity (Wildman–Crippen MR) is 89.0 cm³/mol. The van der Waals surface area contributed by atoms with Crippen molar-refractivity contribution in [1.82, 2.24) is 4.98 Å². The van der Waals surface area contributed by atoms with Crippen molar-refractivity contribution in [2.45, 2.75) is 39.2 Å². The first-order valence-electron chi connectivity index (χ1n) is 7.58. The summed E-state index contributed by atoms with van der Waals surface area (Å²) in [5.41, 5.74) is 3.17. The first-order valence-corrected chi connectivity index (χ1v) is 8.39. The van der Waals surface area contributed by atoms with Crippen LogP contribution < -0.4 is 5.32 Å². The average Bonchev–Trinajstić information content (AvgIpc) is 3.06. The molecule has 1 heterocycles. The number of nitrogens with one attached hydrogen (secondary N) is 1. The SMILES string of the molecule is Cc1ccc(-c2nc(NC(=O)C3CCCC3O)sc2C)cc1. The number of aryl methyl sites for hydroxylation is 2. The quantitative estimate of drug-likeness (QED) is 0.910. The van der Waals surface area contributed by atoms with Crippen molar-refractivity contribution < 1.29 is 9.90 Å². The van der Waals surface area contributed by atoms with Gasteiger partial charge >= 0.3 is 0 Å². The lowest BCUT2D eigenvalue weighted by molar-refractivity contribution is -0.122. The fraction of sp³-hybridized carbons (Fsp3) is 0.412. The van der Waals surface area contributed by atoms with Crippen LogP contribution in [0.4, 0.5) is 5.13 Å². The van der Waals surface area contributed by atoms with Gasteiger partial charge in [0.2, 0.25) is 5.91 Å². The maximum absolute atomic E-state index is 12.2. The fourth-order valence-electron chi connectivity index (χ4n) is 2.87. The third-order valence-corrected chi connectivity index (χ3v) is 5.05. The van der Waals surface area contributed by atoms with Gasteiger partial charge in [-0.05, 0) is 33.1 Å². The van der Waals surface area contributed by atoms with Gasteiger partial charge in [-0.15, -0.1) is 11.3 Å². The highest BCUT2D eigenvalue weighted by Crippen LogP contribution is 2.32. The lowest BCUT2D eigenvalue weighted by Gasteiger charge is -2.12. The minimum atomic E-state index is -0.516. The van der Waals surface area contributed by atoms with E-state index in [9.17, 15) is 9.90 Å². The lowest BCUT2D eigenvalue weighted by Crippen LogP contribution is -2.28. The fourth-order valence-corrected chi connectivity index (χ4v) is 3.71. The minimum Gasteiger partial charge on any atom is -0.392 e. The molecule has 22 heavy (non-hydrogen) atoms. The number of anilines is 1. The third-order valence-electron chi connectivity index (χ3n) is 4.17. The van der Waals surface area contributed by atoms with E-state index in [1.165, 1.54) is 16.9 Å². The summed E-state index contributed by atoms with van der Waals surface area (Å²) in [7, 11) is 0. The number of carbonyl (C=O) groups is 1. The molecule has 0 saturated heterocycles. The Balaban J connectivity index is 1.77. The van der Waals surface area contributed by atoms with Gasteiger partial charge in [0.15, 0.2) is 5.13 Å². The van der Waals surface area contributed by atoms with Gasteiger partial charge in [-0.25, -0.2) is 4.98 Å². The van der Waals surface area contributed by atoms with Crippen LogP contribution in [-0.2, 0) is 4.79 Å². The largest absolute Gasteiger partial charge is 0.392 e. The molecular weight excluding hydrogens is 296 g/mol. The second-order valence-corrected chi connectivity index (χ2v) is 7.09. The summed E-state index contributed by atoms with van der Waals surface area (Å²) >= 11 is 1.48. The normalized spacial score (nSPS) is 21.0. The highest BCUT2D eigenvalue weighted by atomic mass is 32.1. The van der Waals surface area contributed by atoms with Gasteiger partial charge in [-0.3, -0.25) is 4.79 Å². The van der Waals surface area contributed by atoms with Gasteiger partial charge < -0.3 is 10.4 Å². The standard InChI is InChI=1S/C17H20N2O2S/c1-10-6-8-12(9-7-10)15-11(2)22-17(18-15)19-16(21)13-4-3-5-14(13)20/h6-9,13-14,20H,3-5H2,1-2H3,(H,18,19,21). The lowest BCUT2D eigenvalue weighted by atomic mass is 10.1. The second kappa shape index (κ2) is 6.18. The summed E-state index contributed by atoms with van der Waals surface area (Å²) in [5, 5.41) is 13.3. The van der Waals surface area contributed by atoms with Gasteiger partial charge in [0.05, 0.1) is 17.7 Å². The number of nitrogens with zero attached hydrogens (tertiary/aromatic N) is 1. The number of thiazole rings is 1. The first-order chi connectivity index (χ1) is 10.5. The number of amides is 1. The Morgan fingerprint density at radius 1 is 1.27 bits per heavy atom. The molecule has 4 nitrogen and oxygen atoms in total. The monoisotopic (exact) mass is 316 g/mol. The molecule has 0 bridgehead atoms. The van der Waals surface area contributed by atoms with E-state index in [-0.39, 0.29) is 11.8 Å². The van der Waals surface area contributed by atoms with E-state index in [4.69, 9.17) is 0 Å². The van der Waals surface area contributed by atoms with Gasteiger partial charge in [-0.1, -0.05) is 29.8 Å². The van der Waals surface area contributed by atoms with Crippen molar-refractivity contribution >= 4 is 22.4 Å². The van der Waals surface area contributed by atoms with Crippen molar-refractivity contribution in [3.63, 3.8) is 0 Å². The predicted octanol–water partition coefficient (Wildman–Crippen LogP) is 3.53. The van der Waals surface area contributed by atoms with Crippen LogP contribution in [-0.4, -0.2) is 22.1 Å². The summed E-state index contributed by atoms with van der Waals surface area (Å²) in [6.45, 7) is 4.06. The van der Waals surface area contributed by atoms with Crippen LogP contribution in [0.15, 0.2) is 24.3 Å². The second-order valence-electron chi connectivity index (χ2n) is 5.88. The molecule has 1 saturated carbocycles. The highest BCUT2D eigenvalue weighted by Gasteiger charge is 2.31.